The molecule has 0 radical (unpaired) electrons. The molecule has 0 amide bonds. The fourth-order valence-electron chi connectivity index (χ4n) is 3.80. The van der Waals surface area contributed by atoms with Gasteiger partial charge >= 0.3 is 0 Å². The first-order valence-corrected chi connectivity index (χ1v) is 8.03. The van der Waals surface area contributed by atoms with Crippen LogP contribution in [0, 0.1) is 5.82 Å². The van der Waals surface area contributed by atoms with Crippen molar-refractivity contribution in [3.63, 3.8) is 0 Å². The molecule has 3 rings (SSSR count). The highest BCUT2D eigenvalue weighted by Gasteiger charge is 2.36. The van der Waals surface area contributed by atoms with Crippen molar-refractivity contribution in [2.75, 3.05) is 12.4 Å². The summed E-state index contributed by atoms with van der Waals surface area (Å²) in [5.74, 6) is -0.302. The van der Waals surface area contributed by atoms with Crippen LogP contribution in [0.5, 0.6) is 0 Å². The maximum absolute atomic E-state index is 13.4. The molecule has 0 saturated carbocycles. The molecular weight excluding hydrogens is 285 g/mol. The van der Waals surface area contributed by atoms with E-state index in [9.17, 15) is 4.39 Å². The zero-order chi connectivity index (χ0) is 15.0. The number of halogens is 1. The topological polar surface area (TPSA) is 41.3 Å². The number of hydrogen-bond donors (Lipinski definition) is 2. The number of hydrogen-bond acceptors (Lipinski definition) is 3. The smallest absolute Gasteiger partial charge is 0.124 e. The maximum atomic E-state index is 13.4. The standard InChI is InChI=1S/C16H22FN3S/c1-20-12-3-2-4-13(20)9-11(8-12)19-15-6-5-10(17)7-14(15)16(18)21/h5-7,11-13,19H,2-4,8-9H2,1H3,(H2,18,21). The number of anilines is 1. The Morgan fingerprint density at radius 2 is 2.00 bits per heavy atom. The molecule has 2 atom stereocenters. The largest absolute Gasteiger partial charge is 0.389 e. The monoisotopic (exact) mass is 307 g/mol. The van der Waals surface area contributed by atoms with Crippen LogP contribution in [0.4, 0.5) is 10.1 Å². The molecule has 3 N–H and O–H groups in total. The van der Waals surface area contributed by atoms with Crippen LogP contribution < -0.4 is 11.1 Å². The normalized spacial score (nSPS) is 29.1. The van der Waals surface area contributed by atoms with E-state index in [1.54, 1.807) is 6.07 Å². The zero-order valence-electron chi connectivity index (χ0n) is 12.3. The molecule has 2 heterocycles. The highest BCUT2D eigenvalue weighted by Crippen LogP contribution is 2.34. The van der Waals surface area contributed by atoms with E-state index in [-0.39, 0.29) is 10.8 Å². The molecule has 3 nitrogen and oxygen atoms in total. The molecule has 2 unspecified atom stereocenters. The third kappa shape index (κ3) is 3.04. The summed E-state index contributed by atoms with van der Waals surface area (Å²) in [6.07, 6.45) is 6.14. The molecule has 2 aliphatic rings. The Morgan fingerprint density at radius 1 is 1.33 bits per heavy atom. The first-order chi connectivity index (χ1) is 10.0. The van der Waals surface area contributed by atoms with E-state index < -0.39 is 0 Å². The van der Waals surface area contributed by atoms with Crippen LogP contribution >= 0.6 is 12.2 Å². The number of benzene rings is 1. The third-order valence-electron chi connectivity index (χ3n) is 4.95. The molecular formula is C16H22FN3S. The van der Waals surface area contributed by atoms with Gasteiger partial charge in [0, 0.05) is 29.4 Å². The Balaban J connectivity index is 1.77. The molecule has 114 valence electrons. The van der Waals surface area contributed by atoms with Gasteiger partial charge in [0.05, 0.1) is 0 Å². The van der Waals surface area contributed by atoms with Gasteiger partial charge in [-0.3, -0.25) is 0 Å². The van der Waals surface area contributed by atoms with E-state index >= 15 is 0 Å². The Morgan fingerprint density at radius 3 is 2.62 bits per heavy atom. The lowest BCUT2D eigenvalue weighted by Gasteiger charge is -2.47. The highest BCUT2D eigenvalue weighted by atomic mass is 32.1. The van der Waals surface area contributed by atoms with Crippen LogP contribution in [-0.2, 0) is 0 Å². The second-order valence-corrected chi connectivity index (χ2v) is 6.71. The lowest BCUT2D eigenvalue weighted by Crippen LogP contribution is -2.52. The molecule has 21 heavy (non-hydrogen) atoms. The predicted octanol–water partition coefficient (Wildman–Crippen LogP) is 2.89. The molecule has 0 aliphatic carbocycles. The first-order valence-electron chi connectivity index (χ1n) is 7.62. The van der Waals surface area contributed by atoms with Crippen molar-refractivity contribution in [2.24, 2.45) is 5.73 Å². The van der Waals surface area contributed by atoms with E-state index in [1.807, 2.05) is 0 Å². The Labute approximate surface area is 130 Å². The summed E-state index contributed by atoms with van der Waals surface area (Å²) in [5, 5.41) is 3.55. The summed E-state index contributed by atoms with van der Waals surface area (Å²) in [7, 11) is 2.24. The van der Waals surface area contributed by atoms with Crippen LogP contribution in [0.15, 0.2) is 18.2 Å². The fraction of sp³-hybridized carbons (Fsp3) is 0.562. The van der Waals surface area contributed by atoms with Crippen LogP contribution in [0.2, 0.25) is 0 Å². The second kappa shape index (κ2) is 5.89. The number of rotatable bonds is 3. The predicted molar refractivity (Wildman–Crippen MR) is 88.1 cm³/mol. The molecule has 2 aliphatic heterocycles. The minimum atomic E-state index is -0.302. The van der Waals surface area contributed by atoms with Gasteiger partial charge in [0.2, 0.25) is 0 Å². The van der Waals surface area contributed by atoms with Gasteiger partial charge in [-0.15, -0.1) is 0 Å². The van der Waals surface area contributed by atoms with E-state index in [1.165, 1.54) is 31.4 Å². The molecule has 5 heteroatoms. The van der Waals surface area contributed by atoms with Crippen molar-refractivity contribution < 1.29 is 4.39 Å². The van der Waals surface area contributed by atoms with Crippen molar-refractivity contribution >= 4 is 22.9 Å². The SMILES string of the molecule is CN1C2CCCC1CC(Nc1ccc(F)cc1C(N)=S)C2. The minimum Gasteiger partial charge on any atom is -0.389 e. The minimum absolute atomic E-state index is 0.241. The van der Waals surface area contributed by atoms with Crippen molar-refractivity contribution in [3.05, 3.63) is 29.6 Å². The highest BCUT2D eigenvalue weighted by molar-refractivity contribution is 7.80. The van der Waals surface area contributed by atoms with Gasteiger partial charge in [-0.25, -0.2) is 4.39 Å². The zero-order valence-corrected chi connectivity index (χ0v) is 13.1. The van der Waals surface area contributed by atoms with E-state index in [0.29, 0.717) is 23.7 Å². The number of nitrogens with one attached hydrogen (secondary N) is 1. The quantitative estimate of drug-likeness (QED) is 0.843. The van der Waals surface area contributed by atoms with Gasteiger partial charge in [0.15, 0.2) is 0 Å². The van der Waals surface area contributed by atoms with Gasteiger partial charge in [-0.05, 0) is 50.9 Å². The second-order valence-electron chi connectivity index (χ2n) is 6.27. The summed E-state index contributed by atoms with van der Waals surface area (Å²) in [4.78, 5) is 2.77. The van der Waals surface area contributed by atoms with E-state index in [4.69, 9.17) is 18.0 Å². The average molecular weight is 307 g/mol. The maximum Gasteiger partial charge on any atom is 0.124 e. The van der Waals surface area contributed by atoms with Gasteiger partial charge in [0.25, 0.3) is 0 Å². The number of thiocarbonyl (C=S) groups is 1. The van der Waals surface area contributed by atoms with Gasteiger partial charge in [0.1, 0.15) is 10.8 Å². The molecule has 1 aromatic carbocycles. The van der Waals surface area contributed by atoms with Crippen molar-refractivity contribution in [1.29, 1.82) is 0 Å². The van der Waals surface area contributed by atoms with Gasteiger partial charge in [-0.1, -0.05) is 18.6 Å². The van der Waals surface area contributed by atoms with Crippen LogP contribution in [0.25, 0.3) is 0 Å². The molecule has 2 fully saturated rings. The van der Waals surface area contributed by atoms with Crippen LogP contribution in [-0.4, -0.2) is 35.1 Å². The Hall–Kier alpha value is -1.20. The molecule has 0 spiro atoms. The lowest BCUT2D eigenvalue weighted by atomic mass is 9.82. The summed E-state index contributed by atoms with van der Waals surface area (Å²) in [6.45, 7) is 0. The summed E-state index contributed by atoms with van der Waals surface area (Å²) >= 11 is 5.04. The fourth-order valence-corrected chi connectivity index (χ4v) is 3.97. The summed E-state index contributed by atoms with van der Waals surface area (Å²) < 4.78 is 13.4. The van der Waals surface area contributed by atoms with E-state index in [2.05, 4.69) is 17.3 Å². The number of nitrogens with two attached hydrogens (primary N) is 1. The Bertz CT molecular complexity index is 534. The van der Waals surface area contributed by atoms with Crippen molar-refractivity contribution in [3.8, 4) is 0 Å². The van der Waals surface area contributed by atoms with Crippen molar-refractivity contribution in [1.82, 2.24) is 4.90 Å². The number of piperidine rings is 2. The molecule has 0 aromatic heterocycles. The number of fused-ring (bicyclic) bond motifs is 2. The molecule has 2 bridgehead atoms. The third-order valence-corrected chi connectivity index (χ3v) is 5.17. The first kappa shape index (κ1) is 14.7. The molecule has 1 aromatic rings. The van der Waals surface area contributed by atoms with Crippen LogP contribution in [0.1, 0.15) is 37.7 Å². The average Bonchev–Trinajstić information content (AvgIpc) is 2.41. The van der Waals surface area contributed by atoms with Crippen molar-refractivity contribution in [2.45, 2.75) is 50.2 Å². The van der Waals surface area contributed by atoms with E-state index in [0.717, 1.165) is 18.5 Å². The summed E-state index contributed by atoms with van der Waals surface area (Å²) in [5.41, 5.74) is 7.18. The lowest BCUT2D eigenvalue weighted by molar-refractivity contribution is 0.0608. The van der Waals surface area contributed by atoms with Crippen LogP contribution in [0.3, 0.4) is 0 Å². The van der Waals surface area contributed by atoms with Gasteiger partial charge < -0.3 is 16.0 Å². The van der Waals surface area contributed by atoms with Gasteiger partial charge in [-0.2, -0.15) is 0 Å². The molecule has 2 saturated heterocycles. The number of nitrogens with zero attached hydrogens (tertiary/aromatic N) is 1. The Kier molecular flexibility index (Phi) is 4.13. The summed E-state index contributed by atoms with van der Waals surface area (Å²) in [6, 6.07) is 6.35.